The molecule has 0 bridgehead atoms. The van der Waals surface area contributed by atoms with E-state index in [2.05, 4.69) is 43.5 Å². The van der Waals surface area contributed by atoms with Crippen molar-refractivity contribution in [3.63, 3.8) is 0 Å². The molecule has 0 fully saturated rings. The molecule has 1 unspecified atom stereocenters. The molecule has 0 radical (unpaired) electrons. The average molecular weight is 248 g/mol. The molecule has 1 amide bonds. The fraction of sp³-hybridized carbons (Fsp3) is 0.533. The van der Waals surface area contributed by atoms with Crippen LogP contribution in [0.4, 0.5) is 5.69 Å². The summed E-state index contributed by atoms with van der Waals surface area (Å²) >= 11 is 0. The van der Waals surface area contributed by atoms with Gasteiger partial charge in [-0.25, -0.2) is 0 Å². The molecule has 0 aliphatic rings. The summed E-state index contributed by atoms with van der Waals surface area (Å²) in [5, 5.41) is 6.12. The van der Waals surface area contributed by atoms with Gasteiger partial charge in [-0.2, -0.15) is 0 Å². The number of amides is 1. The lowest BCUT2D eigenvalue weighted by molar-refractivity contribution is -0.120. The summed E-state index contributed by atoms with van der Waals surface area (Å²) in [6.07, 6.45) is 2.11. The predicted molar refractivity (Wildman–Crippen MR) is 76.9 cm³/mol. The highest BCUT2D eigenvalue weighted by atomic mass is 16.1. The Balaban J connectivity index is 2.40. The summed E-state index contributed by atoms with van der Waals surface area (Å²) in [7, 11) is 0. The zero-order chi connectivity index (χ0) is 13.5. The first kappa shape index (κ1) is 14.6. The molecule has 1 aromatic rings. The number of anilines is 1. The van der Waals surface area contributed by atoms with Gasteiger partial charge in [0.1, 0.15) is 0 Å². The van der Waals surface area contributed by atoms with Gasteiger partial charge in [-0.3, -0.25) is 4.79 Å². The van der Waals surface area contributed by atoms with E-state index < -0.39 is 0 Å². The Morgan fingerprint density at radius 3 is 2.61 bits per heavy atom. The third-order valence-electron chi connectivity index (χ3n) is 3.09. The molecule has 0 heterocycles. The topological polar surface area (TPSA) is 41.1 Å². The van der Waals surface area contributed by atoms with Gasteiger partial charge in [-0.1, -0.05) is 19.4 Å². The van der Waals surface area contributed by atoms with Gasteiger partial charge in [-0.05, 0) is 50.5 Å². The van der Waals surface area contributed by atoms with Crippen LogP contribution >= 0.6 is 0 Å². The highest BCUT2D eigenvalue weighted by Crippen LogP contribution is 2.13. The van der Waals surface area contributed by atoms with Crippen molar-refractivity contribution < 1.29 is 4.79 Å². The van der Waals surface area contributed by atoms with Crippen LogP contribution in [-0.4, -0.2) is 18.5 Å². The van der Waals surface area contributed by atoms with E-state index in [0.29, 0.717) is 6.54 Å². The van der Waals surface area contributed by atoms with Gasteiger partial charge in [0.15, 0.2) is 0 Å². The number of aryl methyl sites for hydroxylation is 2. The zero-order valence-electron chi connectivity index (χ0n) is 11.8. The Morgan fingerprint density at radius 1 is 1.28 bits per heavy atom. The van der Waals surface area contributed by atoms with Crippen LogP contribution in [0.15, 0.2) is 18.2 Å². The molecule has 100 valence electrons. The van der Waals surface area contributed by atoms with E-state index in [1.807, 2.05) is 13.0 Å². The fourth-order valence-corrected chi connectivity index (χ4v) is 1.86. The molecule has 1 atom stereocenters. The van der Waals surface area contributed by atoms with Gasteiger partial charge < -0.3 is 10.6 Å². The second-order valence-electron chi connectivity index (χ2n) is 4.91. The van der Waals surface area contributed by atoms with Crippen molar-refractivity contribution in [3.05, 3.63) is 29.3 Å². The van der Waals surface area contributed by atoms with Gasteiger partial charge in [0, 0.05) is 11.7 Å². The first-order valence-corrected chi connectivity index (χ1v) is 6.63. The van der Waals surface area contributed by atoms with E-state index in [1.54, 1.807) is 0 Å². The Bertz CT molecular complexity index is 401. The quantitative estimate of drug-likeness (QED) is 0.812. The summed E-state index contributed by atoms with van der Waals surface area (Å²) in [6.45, 7) is 8.64. The maximum Gasteiger partial charge on any atom is 0.239 e. The summed E-state index contributed by atoms with van der Waals surface area (Å²) in [4.78, 5) is 11.7. The van der Waals surface area contributed by atoms with Crippen LogP contribution in [0.25, 0.3) is 0 Å². The molecule has 18 heavy (non-hydrogen) atoms. The van der Waals surface area contributed by atoms with E-state index in [4.69, 9.17) is 0 Å². The van der Waals surface area contributed by atoms with Crippen LogP contribution in [-0.2, 0) is 4.79 Å². The molecule has 1 rings (SSSR count). The summed E-state index contributed by atoms with van der Waals surface area (Å²) in [5.74, 6) is 0.0502. The SMILES string of the molecule is CCCC(C)NC(=O)CNc1ccc(C)c(C)c1. The first-order valence-electron chi connectivity index (χ1n) is 6.63. The number of benzene rings is 1. The van der Waals surface area contributed by atoms with Gasteiger partial charge in [-0.15, -0.1) is 0 Å². The summed E-state index contributed by atoms with van der Waals surface area (Å²) in [6, 6.07) is 6.39. The molecule has 0 saturated heterocycles. The first-order chi connectivity index (χ1) is 8.52. The van der Waals surface area contributed by atoms with Crippen molar-refractivity contribution in [1.82, 2.24) is 5.32 Å². The van der Waals surface area contributed by atoms with Crippen LogP contribution in [0.5, 0.6) is 0 Å². The molecule has 0 spiro atoms. The van der Waals surface area contributed by atoms with E-state index in [-0.39, 0.29) is 11.9 Å². The monoisotopic (exact) mass is 248 g/mol. The van der Waals surface area contributed by atoms with Crippen LogP contribution in [0.3, 0.4) is 0 Å². The van der Waals surface area contributed by atoms with Crippen LogP contribution < -0.4 is 10.6 Å². The van der Waals surface area contributed by atoms with E-state index in [9.17, 15) is 4.79 Å². The molecule has 2 N–H and O–H groups in total. The van der Waals surface area contributed by atoms with Crippen LogP contribution in [0, 0.1) is 13.8 Å². The number of nitrogens with one attached hydrogen (secondary N) is 2. The lowest BCUT2D eigenvalue weighted by Gasteiger charge is -2.14. The number of carbonyl (C=O) groups excluding carboxylic acids is 1. The fourth-order valence-electron chi connectivity index (χ4n) is 1.86. The maximum absolute atomic E-state index is 11.7. The minimum atomic E-state index is 0.0502. The highest BCUT2D eigenvalue weighted by Gasteiger charge is 2.06. The second-order valence-corrected chi connectivity index (χ2v) is 4.91. The molecule has 0 aromatic heterocycles. The second kappa shape index (κ2) is 7.04. The van der Waals surface area contributed by atoms with Crippen molar-refractivity contribution in [1.29, 1.82) is 0 Å². The molecule has 3 heteroatoms. The van der Waals surface area contributed by atoms with Crippen molar-refractivity contribution in [3.8, 4) is 0 Å². The average Bonchev–Trinajstić information content (AvgIpc) is 2.31. The number of hydrogen-bond acceptors (Lipinski definition) is 2. The predicted octanol–water partition coefficient (Wildman–Crippen LogP) is 3.02. The van der Waals surface area contributed by atoms with Crippen molar-refractivity contribution in [2.45, 2.75) is 46.6 Å². The largest absolute Gasteiger partial charge is 0.376 e. The van der Waals surface area contributed by atoms with Crippen LogP contribution in [0.2, 0.25) is 0 Å². The smallest absolute Gasteiger partial charge is 0.239 e. The number of carbonyl (C=O) groups is 1. The standard InChI is InChI=1S/C15H24N2O/c1-5-6-13(4)17-15(18)10-16-14-8-7-11(2)12(3)9-14/h7-9,13,16H,5-6,10H2,1-4H3,(H,17,18). The molecule has 1 aromatic carbocycles. The van der Waals surface area contributed by atoms with Crippen molar-refractivity contribution >= 4 is 11.6 Å². The molecule has 0 aliphatic carbocycles. The van der Waals surface area contributed by atoms with Crippen molar-refractivity contribution in [2.24, 2.45) is 0 Å². The highest BCUT2D eigenvalue weighted by molar-refractivity contribution is 5.80. The van der Waals surface area contributed by atoms with E-state index in [1.165, 1.54) is 11.1 Å². The molecule has 3 nitrogen and oxygen atoms in total. The lowest BCUT2D eigenvalue weighted by Crippen LogP contribution is -2.36. The van der Waals surface area contributed by atoms with Gasteiger partial charge in [0.2, 0.25) is 5.91 Å². The number of rotatable bonds is 6. The van der Waals surface area contributed by atoms with Gasteiger partial charge >= 0.3 is 0 Å². The van der Waals surface area contributed by atoms with Gasteiger partial charge in [0.25, 0.3) is 0 Å². The Labute approximate surface area is 110 Å². The Morgan fingerprint density at radius 2 is 2.00 bits per heavy atom. The normalized spacial score (nSPS) is 12.0. The molecular weight excluding hydrogens is 224 g/mol. The molecule has 0 saturated carbocycles. The van der Waals surface area contributed by atoms with Gasteiger partial charge in [0.05, 0.1) is 6.54 Å². The third kappa shape index (κ3) is 4.78. The maximum atomic E-state index is 11.7. The minimum absolute atomic E-state index is 0.0502. The third-order valence-corrected chi connectivity index (χ3v) is 3.09. The minimum Gasteiger partial charge on any atom is -0.376 e. The van der Waals surface area contributed by atoms with E-state index >= 15 is 0 Å². The summed E-state index contributed by atoms with van der Waals surface area (Å²) in [5.41, 5.74) is 3.50. The molecule has 0 aliphatic heterocycles. The van der Waals surface area contributed by atoms with E-state index in [0.717, 1.165) is 18.5 Å². The Hall–Kier alpha value is -1.51. The van der Waals surface area contributed by atoms with Crippen LogP contribution in [0.1, 0.15) is 37.8 Å². The molecular formula is C15H24N2O. The Kier molecular flexibility index (Phi) is 5.69. The lowest BCUT2D eigenvalue weighted by atomic mass is 10.1. The van der Waals surface area contributed by atoms with Crippen molar-refractivity contribution in [2.75, 3.05) is 11.9 Å². The summed E-state index contributed by atoms with van der Waals surface area (Å²) < 4.78 is 0. The zero-order valence-corrected chi connectivity index (χ0v) is 11.8. The number of hydrogen-bond donors (Lipinski definition) is 2.